The predicted molar refractivity (Wildman–Crippen MR) is 89.5 cm³/mol. The van der Waals surface area contributed by atoms with Crippen LogP contribution in [0, 0.1) is 12.8 Å². The smallest absolute Gasteiger partial charge is 0.276 e. The Hall–Kier alpha value is -2.15. The molecule has 3 rings (SSSR count). The molecule has 0 aromatic carbocycles. The number of aromatic nitrogens is 3. The normalized spacial score (nSPS) is 17.8. The molecule has 130 valence electrons. The van der Waals surface area contributed by atoms with Crippen LogP contribution in [0.1, 0.15) is 35.9 Å². The minimum atomic E-state index is -0.0900. The highest BCUT2D eigenvalue weighted by atomic mass is 16.5. The summed E-state index contributed by atoms with van der Waals surface area (Å²) in [7, 11) is 0. The number of carbonyl (C=O) groups excluding carboxylic acids is 1. The van der Waals surface area contributed by atoms with Gasteiger partial charge in [-0.3, -0.25) is 4.79 Å². The van der Waals surface area contributed by atoms with Gasteiger partial charge in [0.15, 0.2) is 5.69 Å². The largest absolute Gasteiger partial charge is 0.361 e. The highest BCUT2D eigenvalue weighted by molar-refractivity contribution is 5.92. The molecule has 1 aliphatic rings. The number of carbonyl (C=O) groups is 1. The van der Waals surface area contributed by atoms with E-state index >= 15 is 0 Å². The van der Waals surface area contributed by atoms with Crippen LogP contribution in [0.3, 0.4) is 0 Å². The van der Waals surface area contributed by atoms with Crippen molar-refractivity contribution in [1.29, 1.82) is 0 Å². The zero-order valence-corrected chi connectivity index (χ0v) is 14.6. The molecule has 2 aromatic rings. The lowest BCUT2D eigenvalue weighted by Gasteiger charge is -2.27. The monoisotopic (exact) mass is 331 g/mol. The lowest BCUT2D eigenvalue weighted by atomic mass is 10.1. The number of nitrogens with zero attached hydrogens (tertiary/aromatic N) is 5. The van der Waals surface area contributed by atoms with E-state index in [4.69, 9.17) is 4.52 Å². The van der Waals surface area contributed by atoms with Gasteiger partial charge in [-0.05, 0) is 20.0 Å². The lowest BCUT2D eigenvalue weighted by molar-refractivity contribution is 0.0694. The third-order valence-corrected chi connectivity index (χ3v) is 4.61. The van der Waals surface area contributed by atoms with Crippen molar-refractivity contribution in [2.24, 2.45) is 5.92 Å². The van der Waals surface area contributed by atoms with Gasteiger partial charge in [-0.2, -0.15) is 0 Å². The fourth-order valence-electron chi connectivity index (χ4n) is 3.29. The fraction of sp³-hybridized carbons (Fsp3) is 0.588. The summed E-state index contributed by atoms with van der Waals surface area (Å²) >= 11 is 0. The molecule has 24 heavy (non-hydrogen) atoms. The van der Waals surface area contributed by atoms with Crippen LogP contribution in [0.25, 0.3) is 0 Å². The molecule has 7 nitrogen and oxygen atoms in total. The molecule has 0 aliphatic carbocycles. The second kappa shape index (κ2) is 7.17. The topological polar surface area (TPSA) is 67.4 Å². The second-order valence-corrected chi connectivity index (χ2v) is 6.36. The first-order chi connectivity index (χ1) is 11.6. The quantitative estimate of drug-likeness (QED) is 0.836. The van der Waals surface area contributed by atoms with Crippen LogP contribution in [0.4, 0.5) is 0 Å². The van der Waals surface area contributed by atoms with Gasteiger partial charge in [-0.25, -0.2) is 4.98 Å². The minimum Gasteiger partial charge on any atom is -0.361 e. The van der Waals surface area contributed by atoms with E-state index in [-0.39, 0.29) is 5.91 Å². The molecule has 1 amide bonds. The molecule has 3 heterocycles. The first kappa shape index (κ1) is 16.7. The van der Waals surface area contributed by atoms with Gasteiger partial charge in [-0.15, -0.1) is 0 Å². The molecule has 0 unspecified atom stereocenters. The zero-order valence-electron chi connectivity index (χ0n) is 14.6. The molecule has 0 saturated heterocycles. The van der Waals surface area contributed by atoms with E-state index < -0.39 is 0 Å². The number of rotatable bonds is 5. The van der Waals surface area contributed by atoms with Gasteiger partial charge in [0.1, 0.15) is 11.6 Å². The van der Waals surface area contributed by atoms with Gasteiger partial charge < -0.3 is 18.9 Å². The molecule has 0 bridgehead atoms. The van der Waals surface area contributed by atoms with Gasteiger partial charge >= 0.3 is 0 Å². The van der Waals surface area contributed by atoms with Crippen molar-refractivity contribution < 1.29 is 9.32 Å². The Balaban J connectivity index is 1.82. The maximum absolute atomic E-state index is 12.8. The van der Waals surface area contributed by atoms with Crippen LogP contribution in [0.15, 0.2) is 23.0 Å². The summed E-state index contributed by atoms with van der Waals surface area (Å²) in [4.78, 5) is 21.5. The molecule has 0 radical (unpaired) electrons. The highest BCUT2D eigenvalue weighted by Crippen LogP contribution is 2.19. The Morgan fingerprint density at radius 2 is 2.17 bits per heavy atom. The number of amides is 1. The van der Waals surface area contributed by atoms with Gasteiger partial charge in [0, 0.05) is 44.0 Å². The van der Waals surface area contributed by atoms with Crippen molar-refractivity contribution in [3.05, 3.63) is 35.7 Å². The van der Waals surface area contributed by atoms with Gasteiger partial charge in [0.25, 0.3) is 5.91 Å². The maximum atomic E-state index is 12.8. The summed E-state index contributed by atoms with van der Waals surface area (Å²) < 4.78 is 7.22. The van der Waals surface area contributed by atoms with Crippen molar-refractivity contribution in [3.63, 3.8) is 0 Å². The number of hydrogen-bond acceptors (Lipinski definition) is 5. The minimum absolute atomic E-state index is 0.0900. The third-order valence-electron chi connectivity index (χ3n) is 4.61. The Labute approximate surface area is 142 Å². The summed E-state index contributed by atoms with van der Waals surface area (Å²) in [6.07, 6.45) is 3.80. The number of fused-ring (bicyclic) bond motifs is 1. The Morgan fingerprint density at radius 3 is 2.83 bits per heavy atom. The number of imidazole rings is 1. The van der Waals surface area contributed by atoms with E-state index in [9.17, 15) is 4.79 Å². The average Bonchev–Trinajstić information content (AvgIpc) is 3.16. The van der Waals surface area contributed by atoms with Gasteiger partial charge in [-0.1, -0.05) is 19.0 Å². The maximum Gasteiger partial charge on any atom is 0.276 e. The zero-order chi connectivity index (χ0) is 17.1. The van der Waals surface area contributed by atoms with E-state index in [1.807, 2.05) is 11.1 Å². The molecule has 0 fully saturated rings. The van der Waals surface area contributed by atoms with Crippen molar-refractivity contribution in [2.45, 2.75) is 33.9 Å². The third kappa shape index (κ3) is 3.51. The molecule has 2 aromatic heterocycles. The first-order valence-electron chi connectivity index (χ1n) is 8.55. The van der Waals surface area contributed by atoms with Crippen molar-refractivity contribution >= 4 is 5.91 Å². The van der Waals surface area contributed by atoms with Gasteiger partial charge in [0.2, 0.25) is 0 Å². The molecular formula is C17H25N5O2. The molecule has 0 saturated carbocycles. The molecule has 1 atom stereocenters. The summed E-state index contributed by atoms with van der Waals surface area (Å²) in [5.41, 5.74) is 0.370. The fourth-order valence-corrected chi connectivity index (χ4v) is 3.29. The highest BCUT2D eigenvalue weighted by Gasteiger charge is 2.28. The van der Waals surface area contributed by atoms with Crippen molar-refractivity contribution in [2.75, 3.05) is 26.2 Å². The molecular weight excluding hydrogens is 306 g/mol. The van der Waals surface area contributed by atoms with Crippen LogP contribution >= 0.6 is 0 Å². The van der Waals surface area contributed by atoms with E-state index in [1.54, 1.807) is 19.2 Å². The predicted octanol–water partition coefficient (Wildman–Crippen LogP) is 1.79. The standard InChI is InChI=1S/C17H25N5O2/c1-4-20(5-2)9-14-10-21-7-6-18-16(21)12-22(11-14)17(23)15-8-13(3)24-19-15/h6-8,14H,4-5,9-12H2,1-3H3/t14-/m0/s1. The van der Waals surface area contributed by atoms with E-state index in [1.165, 1.54) is 0 Å². The lowest BCUT2D eigenvalue weighted by Crippen LogP contribution is -2.39. The van der Waals surface area contributed by atoms with Crippen LogP contribution in [0.2, 0.25) is 0 Å². The summed E-state index contributed by atoms with van der Waals surface area (Å²) in [6.45, 7) is 11.2. The van der Waals surface area contributed by atoms with E-state index in [2.05, 4.69) is 33.5 Å². The molecule has 7 heteroatoms. The average molecular weight is 331 g/mol. The Bertz CT molecular complexity index is 689. The summed E-state index contributed by atoms with van der Waals surface area (Å²) in [5.74, 6) is 1.84. The van der Waals surface area contributed by atoms with Crippen LogP contribution < -0.4 is 0 Å². The van der Waals surface area contributed by atoms with Gasteiger partial charge in [0.05, 0.1) is 6.54 Å². The number of aryl methyl sites for hydroxylation is 1. The Kier molecular flexibility index (Phi) is 4.99. The SMILES string of the molecule is CCN(CC)C[C@@H]1CN(C(=O)c2cc(C)on2)Cc2nccn2C1. The van der Waals surface area contributed by atoms with Crippen LogP contribution in [0.5, 0.6) is 0 Å². The van der Waals surface area contributed by atoms with Crippen molar-refractivity contribution in [3.8, 4) is 0 Å². The van der Waals surface area contributed by atoms with Crippen LogP contribution in [-0.4, -0.2) is 56.6 Å². The van der Waals surface area contributed by atoms with Crippen molar-refractivity contribution in [1.82, 2.24) is 24.5 Å². The molecule has 1 aliphatic heterocycles. The number of hydrogen-bond donors (Lipinski definition) is 0. The summed E-state index contributed by atoms with van der Waals surface area (Å²) in [6, 6.07) is 1.69. The molecule has 0 N–H and O–H groups in total. The first-order valence-corrected chi connectivity index (χ1v) is 8.55. The Morgan fingerprint density at radius 1 is 1.38 bits per heavy atom. The second-order valence-electron chi connectivity index (χ2n) is 6.36. The van der Waals surface area contributed by atoms with Crippen LogP contribution in [-0.2, 0) is 13.1 Å². The van der Waals surface area contributed by atoms with E-state index in [0.717, 1.165) is 32.0 Å². The van der Waals surface area contributed by atoms with E-state index in [0.29, 0.717) is 30.5 Å². The molecule has 0 spiro atoms. The summed E-state index contributed by atoms with van der Waals surface area (Å²) in [5, 5.41) is 3.88.